The number of nitrogens with zero attached hydrogens (tertiary/aromatic N) is 4. The molecule has 2 rings (SSSR count). The maximum absolute atomic E-state index is 5.57. The second kappa shape index (κ2) is 4.92. The van der Waals surface area contributed by atoms with E-state index < -0.39 is 0 Å². The van der Waals surface area contributed by atoms with Gasteiger partial charge in [0.1, 0.15) is 0 Å². The molecule has 0 aliphatic rings. The van der Waals surface area contributed by atoms with Crippen LogP contribution in [0.4, 0.5) is 0 Å². The Morgan fingerprint density at radius 3 is 2.71 bits per heavy atom. The summed E-state index contributed by atoms with van der Waals surface area (Å²) in [4.78, 5) is 0. The van der Waals surface area contributed by atoms with Crippen LogP contribution in [0.2, 0.25) is 0 Å². The molecule has 0 saturated heterocycles. The molecule has 0 aromatic carbocycles. The number of hydrogen-bond donors (Lipinski definition) is 1. The Bertz CT molecular complexity index is 491. The average Bonchev–Trinajstić information content (AvgIpc) is 2.61. The van der Waals surface area contributed by atoms with E-state index in [2.05, 4.69) is 20.6 Å². The van der Waals surface area contributed by atoms with Crippen molar-refractivity contribution in [3.05, 3.63) is 29.6 Å². The van der Waals surface area contributed by atoms with Crippen LogP contribution < -0.4 is 10.1 Å². The summed E-state index contributed by atoms with van der Waals surface area (Å²) in [5.41, 5.74) is 1.78. The summed E-state index contributed by atoms with van der Waals surface area (Å²) in [6, 6.07) is 5.52. The monoisotopic (exact) mass is 233 g/mol. The number of nitrogens with one attached hydrogen (secondary N) is 1. The van der Waals surface area contributed by atoms with Gasteiger partial charge in [-0.25, -0.2) is 4.68 Å². The highest BCUT2D eigenvalue weighted by Gasteiger charge is 2.05. The third-order valence-electron chi connectivity index (χ3n) is 2.22. The van der Waals surface area contributed by atoms with Crippen LogP contribution in [-0.2, 0) is 13.6 Å². The zero-order valence-corrected chi connectivity index (χ0v) is 10.1. The highest BCUT2D eigenvalue weighted by Crippen LogP contribution is 2.18. The van der Waals surface area contributed by atoms with Crippen LogP contribution >= 0.6 is 0 Å². The Hall–Kier alpha value is -1.95. The van der Waals surface area contributed by atoms with E-state index in [4.69, 9.17) is 4.74 Å². The van der Waals surface area contributed by atoms with Gasteiger partial charge < -0.3 is 10.1 Å². The van der Waals surface area contributed by atoms with Crippen LogP contribution in [-0.4, -0.2) is 27.0 Å². The van der Waals surface area contributed by atoms with Crippen molar-refractivity contribution in [1.82, 2.24) is 25.3 Å². The minimum absolute atomic E-state index is 0.466. The van der Waals surface area contributed by atoms with Gasteiger partial charge in [-0.05, 0) is 20.0 Å². The maximum atomic E-state index is 5.57. The summed E-state index contributed by atoms with van der Waals surface area (Å²) in [5, 5.41) is 15.2. The highest BCUT2D eigenvalue weighted by atomic mass is 16.5. The van der Waals surface area contributed by atoms with Gasteiger partial charge in [-0.2, -0.15) is 10.2 Å². The van der Waals surface area contributed by atoms with Crippen molar-refractivity contribution in [2.45, 2.75) is 13.5 Å². The SMILES string of the molecule is CNCc1ccc(Oc2cc(C)nn2C)nn1. The van der Waals surface area contributed by atoms with Crippen LogP contribution in [0.5, 0.6) is 11.8 Å². The first-order valence-corrected chi connectivity index (χ1v) is 5.35. The summed E-state index contributed by atoms with van der Waals surface area (Å²) >= 11 is 0. The first-order valence-electron chi connectivity index (χ1n) is 5.35. The standard InChI is InChI=1S/C11H15N5O/c1-8-6-11(16(3)15-8)17-10-5-4-9(7-12-2)13-14-10/h4-6,12H,7H2,1-3H3. The van der Waals surface area contributed by atoms with Crippen molar-refractivity contribution in [3.63, 3.8) is 0 Å². The van der Waals surface area contributed by atoms with E-state index in [1.807, 2.05) is 33.2 Å². The number of aryl methyl sites for hydroxylation is 2. The third-order valence-corrected chi connectivity index (χ3v) is 2.22. The number of aromatic nitrogens is 4. The molecule has 0 unspecified atom stereocenters. The third kappa shape index (κ3) is 2.79. The van der Waals surface area contributed by atoms with Crippen LogP contribution in [0.25, 0.3) is 0 Å². The molecule has 0 bridgehead atoms. The Balaban J connectivity index is 2.11. The molecule has 0 radical (unpaired) electrons. The number of hydrogen-bond acceptors (Lipinski definition) is 5. The second-order valence-corrected chi connectivity index (χ2v) is 3.74. The van der Waals surface area contributed by atoms with Gasteiger partial charge in [0.2, 0.25) is 11.8 Å². The average molecular weight is 233 g/mol. The minimum Gasteiger partial charge on any atom is -0.419 e. The molecule has 1 N–H and O–H groups in total. The summed E-state index contributed by atoms with van der Waals surface area (Å²) in [6.45, 7) is 2.60. The minimum atomic E-state index is 0.466. The molecular formula is C11H15N5O. The molecule has 0 atom stereocenters. The smallest absolute Gasteiger partial charge is 0.240 e. The zero-order chi connectivity index (χ0) is 12.3. The van der Waals surface area contributed by atoms with E-state index in [0.717, 1.165) is 11.4 Å². The zero-order valence-electron chi connectivity index (χ0n) is 10.1. The van der Waals surface area contributed by atoms with Gasteiger partial charge in [0.15, 0.2) is 0 Å². The molecule has 17 heavy (non-hydrogen) atoms. The molecule has 2 aromatic rings. The van der Waals surface area contributed by atoms with Gasteiger partial charge in [-0.1, -0.05) is 0 Å². The van der Waals surface area contributed by atoms with Crippen molar-refractivity contribution < 1.29 is 4.74 Å². The van der Waals surface area contributed by atoms with Gasteiger partial charge in [-0.3, -0.25) is 0 Å². The van der Waals surface area contributed by atoms with E-state index in [0.29, 0.717) is 18.3 Å². The van der Waals surface area contributed by atoms with Crippen LogP contribution in [0.1, 0.15) is 11.4 Å². The Kier molecular flexibility index (Phi) is 3.34. The lowest BCUT2D eigenvalue weighted by Crippen LogP contribution is -2.07. The van der Waals surface area contributed by atoms with E-state index in [1.54, 1.807) is 10.7 Å². The second-order valence-electron chi connectivity index (χ2n) is 3.74. The summed E-state index contributed by atoms with van der Waals surface area (Å²) in [7, 11) is 3.69. The van der Waals surface area contributed by atoms with E-state index in [9.17, 15) is 0 Å². The fourth-order valence-corrected chi connectivity index (χ4v) is 1.47. The lowest BCUT2D eigenvalue weighted by atomic mass is 10.4. The van der Waals surface area contributed by atoms with Gasteiger partial charge >= 0.3 is 0 Å². The van der Waals surface area contributed by atoms with Crippen LogP contribution in [0.3, 0.4) is 0 Å². The van der Waals surface area contributed by atoms with Crippen molar-refractivity contribution in [2.24, 2.45) is 7.05 Å². The Morgan fingerprint density at radius 2 is 2.18 bits per heavy atom. The van der Waals surface area contributed by atoms with E-state index >= 15 is 0 Å². The molecule has 0 spiro atoms. The molecule has 0 aliphatic carbocycles. The van der Waals surface area contributed by atoms with Gasteiger partial charge in [0, 0.05) is 25.7 Å². The molecule has 0 amide bonds. The predicted molar refractivity (Wildman–Crippen MR) is 62.8 cm³/mol. The largest absolute Gasteiger partial charge is 0.419 e. The first kappa shape index (κ1) is 11.5. The lowest BCUT2D eigenvalue weighted by Gasteiger charge is -2.04. The molecule has 90 valence electrons. The molecule has 0 saturated carbocycles. The Morgan fingerprint density at radius 1 is 1.35 bits per heavy atom. The topological polar surface area (TPSA) is 64.9 Å². The van der Waals surface area contributed by atoms with Crippen molar-refractivity contribution >= 4 is 0 Å². The normalized spacial score (nSPS) is 10.5. The lowest BCUT2D eigenvalue weighted by molar-refractivity contribution is 0.409. The van der Waals surface area contributed by atoms with Gasteiger partial charge in [-0.15, -0.1) is 5.10 Å². The summed E-state index contributed by atoms with van der Waals surface area (Å²) in [6.07, 6.45) is 0. The molecule has 6 heteroatoms. The first-order chi connectivity index (χ1) is 8.19. The molecule has 6 nitrogen and oxygen atoms in total. The van der Waals surface area contributed by atoms with E-state index in [-0.39, 0.29) is 0 Å². The van der Waals surface area contributed by atoms with Gasteiger partial charge in [0.25, 0.3) is 0 Å². The Labute approximate surface area is 99.6 Å². The number of ether oxygens (including phenoxy) is 1. The van der Waals surface area contributed by atoms with Crippen molar-refractivity contribution in [2.75, 3.05) is 7.05 Å². The molecule has 2 heterocycles. The predicted octanol–water partition coefficient (Wildman–Crippen LogP) is 1.03. The van der Waals surface area contributed by atoms with Gasteiger partial charge in [0.05, 0.1) is 11.4 Å². The maximum Gasteiger partial charge on any atom is 0.240 e. The molecule has 0 aliphatic heterocycles. The quantitative estimate of drug-likeness (QED) is 0.854. The van der Waals surface area contributed by atoms with Crippen LogP contribution in [0.15, 0.2) is 18.2 Å². The molecular weight excluding hydrogens is 218 g/mol. The number of rotatable bonds is 4. The highest BCUT2D eigenvalue weighted by molar-refractivity contribution is 5.21. The summed E-state index contributed by atoms with van der Waals surface area (Å²) < 4.78 is 7.23. The van der Waals surface area contributed by atoms with Crippen molar-refractivity contribution in [1.29, 1.82) is 0 Å². The molecule has 2 aromatic heterocycles. The fraction of sp³-hybridized carbons (Fsp3) is 0.364. The summed E-state index contributed by atoms with van der Waals surface area (Å²) in [5.74, 6) is 1.12. The van der Waals surface area contributed by atoms with Crippen molar-refractivity contribution in [3.8, 4) is 11.8 Å². The van der Waals surface area contributed by atoms with Crippen LogP contribution in [0, 0.1) is 6.92 Å². The van der Waals surface area contributed by atoms with E-state index in [1.165, 1.54) is 0 Å². The molecule has 0 fully saturated rings. The fourth-order valence-electron chi connectivity index (χ4n) is 1.47.